The van der Waals surface area contributed by atoms with E-state index in [9.17, 15) is 4.79 Å². The Morgan fingerprint density at radius 1 is 1.10 bits per heavy atom. The van der Waals surface area contributed by atoms with Gasteiger partial charge in [0.25, 0.3) is 5.91 Å². The molecule has 2 heterocycles. The molecule has 0 aliphatic carbocycles. The number of aromatic nitrogens is 1. The van der Waals surface area contributed by atoms with Gasteiger partial charge in [-0.1, -0.05) is 18.2 Å². The van der Waals surface area contributed by atoms with Crippen LogP contribution < -0.4 is 14.8 Å². The molecule has 0 radical (unpaired) electrons. The molecule has 4 rings (SSSR count). The van der Waals surface area contributed by atoms with E-state index in [1.165, 1.54) is 16.9 Å². The lowest BCUT2D eigenvalue weighted by Gasteiger charge is -2.31. The molecule has 0 spiro atoms. The fraction of sp³-hybridized carbons (Fsp3) is 0.333. The number of amides is 1. The number of para-hydroxylation sites is 1. The van der Waals surface area contributed by atoms with Crippen molar-refractivity contribution in [3.63, 3.8) is 0 Å². The summed E-state index contributed by atoms with van der Waals surface area (Å²) in [6.07, 6.45) is 2.97. The van der Waals surface area contributed by atoms with Gasteiger partial charge < -0.3 is 19.7 Å². The number of methoxy groups -OCH3 is 2. The maximum Gasteiger partial charge on any atom is 0.273 e. The Kier molecular flexibility index (Phi) is 6.72. The average molecular weight is 438 g/mol. The number of likely N-dealkylation sites (tertiary alicyclic amines) is 1. The standard InChI is InChI=1S/C24H27N3O3S/c1-29-20-9-7-19(8-10-20)25-24-26-21(16-31-24)23(28)27-13-11-17(12-14-27)15-18-5-3-4-6-22(18)30-2/h3-10,16-17H,11-15H2,1-2H3,(H,25,26). The van der Waals surface area contributed by atoms with E-state index in [0.717, 1.165) is 49.5 Å². The molecule has 0 atom stereocenters. The number of rotatable bonds is 7. The Bertz CT molecular complexity index is 1010. The van der Waals surface area contributed by atoms with E-state index in [2.05, 4.69) is 22.4 Å². The summed E-state index contributed by atoms with van der Waals surface area (Å²) >= 11 is 1.44. The molecule has 1 aliphatic heterocycles. The third kappa shape index (κ3) is 5.17. The van der Waals surface area contributed by atoms with Gasteiger partial charge in [-0.3, -0.25) is 4.79 Å². The van der Waals surface area contributed by atoms with Crippen molar-refractivity contribution in [1.29, 1.82) is 0 Å². The van der Waals surface area contributed by atoms with E-state index in [1.807, 2.05) is 46.7 Å². The summed E-state index contributed by atoms with van der Waals surface area (Å²) < 4.78 is 10.7. The van der Waals surface area contributed by atoms with Crippen molar-refractivity contribution >= 4 is 28.1 Å². The molecule has 1 N–H and O–H groups in total. The minimum absolute atomic E-state index is 0.00905. The van der Waals surface area contributed by atoms with Crippen LogP contribution in [0.3, 0.4) is 0 Å². The van der Waals surface area contributed by atoms with Crippen molar-refractivity contribution in [1.82, 2.24) is 9.88 Å². The lowest BCUT2D eigenvalue weighted by Crippen LogP contribution is -2.39. The van der Waals surface area contributed by atoms with Gasteiger partial charge >= 0.3 is 0 Å². The number of carbonyl (C=O) groups excluding carboxylic acids is 1. The van der Waals surface area contributed by atoms with E-state index >= 15 is 0 Å². The highest BCUT2D eigenvalue weighted by Gasteiger charge is 2.25. The van der Waals surface area contributed by atoms with Crippen molar-refractivity contribution in [3.8, 4) is 11.5 Å². The summed E-state index contributed by atoms with van der Waals surface area (Å²) in [5, 5.41) is 5.78. The second-order valence-corrected chi connectivity index (χ2v) is 8.50. The zero-order chi connectivity index (χ0) is 21.6. The topological polar surface area (TPSA) is 63.7 Å². The van der Waals surface area contributed by atoms with Crippen LogP contribution in [-0.4, -0.2) is 43.1 Å². The molecule has 6 nitrogen and oxygen atoms in total. The number of piperidine rings is 1. The molecule has 1 saturated heterocycles. The van der Waals surface area contributed by atoms with Crippen LogP contribution in [0.1, 0.15) is 28.9 Å². The second kappa shape index (κ2) is 9.83. The monoisotopic (exact) mass is 437 g/mol. The fourth-order valence-corrected chi connectivity index (χ4v) is 4.62. The normalized spacial score (nSPS) is 14.3. The molecule has 31 heavy (non-hydrogen) atoms. The smallest absolute Gasteiger partial charge is 0.273 e. The molecule has 2 aromatic carbocycles. The van der Waals surface area contributed by atoms with Crippen LogP contribution in [0.4, 0.5) is 10.8 Å². The molecule has 1 aliphatic rings. The van der Waals surface area contributed by atoms with Crippen LogP contribution in [0, 0.1) is 5.92 Å². The summed E-state index contributed by atoms with van der Waals surface area (Å²) in [5.41, 5.74) is 2.65. The van der Waals surface area contributed by atoms with Gasteiger partial charge in [-0.15, -0.1) is 11.3 Å². The molecule has 1 amide bonds. The van der Waals surface area contributed by atoms with Crippen molar-refractivity contribution < 1.29 is 14.3 Å². The number of benzene rings is 2. The van der Waals surface area contributed by atoms with Crippen molar-refractivity contribution in [3.05, 3.63) is 65.2 Å². The van der Waals surface area contributed by atoms with Gasteiger partial charge in [-0.25, -0.2) is 4.98 Å². The highest BCUT2D eigenvalue weighted by Crippen LogP contribution is 2.28. The minimum atomic E-state index is 0.00905. The molecule has 1 aromatic heterocycles. The number of ether oxygens (including phenoxy) is 2. The van der Waals surface area contributed by atoms with Gasteiger partial charge in [0.15, 0.2) is 5.13 Å². The zero-order valence-electron chi connectivity index (χ0n) is 17.8. The number of thiazole rings is 1. The maximum absolute atomic E-state index is 12.9. The van der Waals surface area contributed by atoms with E-state index in [-0.39, 0.29) is 5.91 Å². The predicted octanol–water partition coefficient (Wildman–Crippen LogP) is 5.00. The zero-order valence-corrected chi connectivity index (χ0v) is 18.7. The van der Waals surface area contributed by atoms with Crippen LogP contribution in [0.5, 0.6) is 11.5 Å². The van der Waals surface area contributed by atoms with E-state index < -0.39 is 0 Å². The van der Waals surface area contributed by atoms with Crippen LogP contribution >= 0.6 is 11.3 Å². The van der Waals surface area contributed by atoms with E-state index in [4.69, 9.17) is 9.47 Å². The Morgan fingerprint density at radius 2 is 1.84 bits per heavy atom. The van der Waals surface area contributed by atoms with Gasteiger partial charge in [0.05, 0.1) is 14.2 Å². The Labute approximate surface area is 186 Å². The van der Waals surface area contributed by atoms with Crippen LogP contribution in [0.15, 0.2) is 53.9 Å². The molecule has 1 fully saturated rings. The number of nitrogens with one attached hydrogen (secondary N) is 1. The molecule has 162 valence electrons. The lowest BCUT2D eigenvalue weighted by molar-refractivity contribution is 0.0685. The maximum atomic E-state index is 12.9. The van der Waals surface area contributed by atoms with Crippen LogP contribution in [0.2, 0.25) is 0 Å². The number of anilines is 2. The first-order chi connectivity index (χ1) is 15.2. The minimum Gasteiger partial charge on any atom is -0.497 e. The second-order valence-electron chi connectivity index (χ2n) is 7.64. The summed E-state index contributed by atoms with van der Waals surface area (Å²) in [4.78, 5) is 19.3. The van der Waals surface area contributed by atoms with Crippen molar-refractivity contribution in [2.24, 2.45) is 5.92 Å². The molecule has 3 aromatic rings. The third-order valence-corrected chi connectivity index (χ3v) is 6.43. The van der Waals surface area contributed by atoms with Crippen molar-refractivity contribution in [2.75, 3.05) is 32.6 Å². The third-order valence-electron chi connectivity index (χ3n) is 5.67. The summed E-state index contributed by atoms with van der Waals surface area (Å²) in [7, 11) is 3.36. The number of hydrogen-bond acceptors (Lipinski definition) is 6. The molecule has 0 bridgehead atoms. The van der Waals surface area contributed by atoms with Gasteiger partial charge in [0.1, 0.15) is 17.2 Å². The van der Waals surface area contributed by atoms with E-state index in [0.29, 0.717) is 16.7 Å². The number of nitrogens with zero attached hydrogens (tertiary/aromatic N) is 2. The molecular weight excluding hydrogens is 410 g/mol. The van der Waals surface area contributed by atoms with Gasteiger partial charge in [0.2, 0.25) is 0 Å². The van der Waals surface area contributed by atoms with Crippen molar-refractivity contribution in [2.45, 2.75) is 19.3 Å². The number of hydrogen-bond donors (Lipinski definition) is 1. The quantitative estimate of drug-likeness (QED) is 0.564. The Hall–Kier alpha value is -3.06. The van der Waals surface area contributed by atoms with Crippen LogP contribution in [0.25, 0.3) is 0 Å². The van der Waals surface area contributed by atoms with Gasteiger partial charge in [-0.05, 0) is 61.1 Å². The summed E-state index contributed by atoms with van der Waals surface area (Å²) in [5.74, 6) is 2.31. The fourth-order valence-electron chi connectivity index (χ4n) is 3.91. The average Bonchev–Trinajstić information content (AvgIpc) is 3.28. The molecule has 0 unspecified atom stereocenters. The first-order valence-electron chi connectivity index (χ1n) is 10.4. The first kappa shape index (κ1) is 21.2. The van der Waals surface area contributed by atoms with Gasteiger partial charge in [0, 0.05) is 24.2 Å². The summed E-state index contributed by atoms with van der Waals surface area (Å²) in [6.45, 7) is 1.52. The predicted molar refractivity (Wildman–Crippen MR) is 124 cm³/mol. The largest absolute Gasteiger partial charge is 0.497 e. The molecule has 7 heteroatoms. The SMILES string of the molecule is COc1ccc(Nc2nc(C(=O)N3CCC(Cc4ccccc4OC)CC3)cs2)cc1. The molecule has 0 saturated carbocycles. The lowest BCUT2D eigenvalue weighted by atomic mass is 9.89. The Balaban J connectivity index is 1.31. The number of carbonyl (C=O) groups is 1. The molecular formula is C24H27N3O3S. The van der Waals surface area contributed by atoms with E-state index in [1.54, 1.807) is 14.2 Å². The Morgan fingerprint density at radius 3 is 2.55 bits per heavy atom. The van der Waals surface area contributed by atoms with Gasteiger partial charge in [-0.2, -0.15) is 0 Å². The van der Waals surface area contributed by atoms with Crippen LogP contribution in [-0.2, 0) is 6.42 Å². The first-order valence-corrected chi connectivity index (χ1v) is 11.3. The highest BCUT2D eigenvalue weighted by atomic mass is 32.1. The highest BCUT2D eigenvalue weighted by molar-refractivity contribution is 7.14. The summed E-state index contributed by atoms with van der Waals surface area (Å²) in [6, 6.07) is 15.8.